The van der Waals surface area contributed by atoms with Crippen LogP contribution < -0.4 is 5.32 Å². The number of nitrogens with zero attached hydrogens (tertiary/aromatic N) is 1. The van der Waals surface area contributed by atoms with Crippen LogP contribution in [0, 0.1) is 3.57 Å². The lowest BCUT2D eigenvalue weighted by molar-refractivity contribution is -0.115. The van der Waals surface area contributed by atoms with Crippen LogP contribution in [0.1, 0.15) is 5.76 Å². The van der Waals surface area contributed by atoms with E-state index in [1.807, 2.05) is 60.7 Å². The minimum atomic E-state index is -0.189. The van der Waals surface area contributed by atoms with Crippen LogP contribution >= 0.6 is 46.0 Å². The molecule has 3 aromatic rings. The van der Waals surface area contributed by atoms with Crippen molar-refractivity contribution in [1.29, 1.82) is 0 Å². The Morgan fingerprint density at radius 3 is 2.78 bits per heavy atom. The number of aliphatic imine (C=N–C) groups is 1. The fourth-order valence-electron chi connectivity index (χ4n) is 2.49. The normalized spacial score (nSPS) is 16.9. The molecule has 0 atom stereocenters. The molecule has 0 aliphatic carbocycles. The molecule has 1 amide bonds. The van der Waals surface area contributed by atoms with Gasteiger partial charge in [0.15, 0.2) is 5.17 Å². The van der Waals surface area contributed by atoms with Crippen LogP contribution in [0.5, 0.6) is 0 Å². The Balaban J connectivity index is 1.56. The van der Waals surface area contributed by atoms with E-state index >= 15 is 0 Å². The summed E-state index contributed by atoms with van der Waals surface area (Å²) in [7, 11) is 0. The zero-order chi connectivity index (χ0) is 18.8. The summed E-state index contributed by atoms with van der Waals surface area (Å²) in [5, 5.41) is 3.99. The Kier molecular flexibility index (Phi) is 5.38. The Hall–Kier alpha value is -2.03. The van der Waals surface area contributed by atoms with Gasteiger partial charge in [0.1, 0.15) is 11.5 Å². The van der Waals surface area contributed by atoms with Crippen molar-refractivity contribution in [2.45, 2.75) is 0 Å². The molecule has 4 rings (SSSR count). The van der Waals surface area contributed by atoms with Crippen LogP contribution in [0.15, 0.2) is 75.0 Å². The molecule has 4 nitrogen and oxygen atoms in total. The lowest BCUT2D eigenvalue weighted by Gasteiger charge is -1.98. The number of nitrogens with one attached hydrogen (secondary N) is 1. The first-order chi connectivity index (χ1) is 13.1. The SMILES string of the molecule is O=C1NC(=Nc2ccccc2I)S/C1=C/c1ccc(-c2cccc(Cl)c2)o1. The zero-order valence-corrected chi connectivity index (χ0v) is 17.5. The smallest absolute Gasteiger partial charge is 0.264 e. The Morgan fingerprint density at radius 2 is 1.96 bits per heavy atom. The second-order valence-corrected chi connectivity index (χ2v) is 8.27. The largest absolute Gasteiger partial charge is 0.457 e. The molecule has 0 unspecified atom stereocenters. The molecule has 1 aliphatic heterocycles. The number of halogens is 2. The van der Waals surface area contributed by atoms with E-state index in [-0.39, 0.29) is 5.91 Å². The van der Waals surface area contributed by atoms with Gasteiger partial charge < -0.3 is 9.73 Å². The molecule has 1 N–H and O–H groups in total. The number of hydrogen-bond acceptors (Lipinski definition) is 4. The molecule has 0 bridgehead atoms. The summed E-state index contributed by atoms with van der Waals surface area (Å²) in [5.41, 5.74) is 1.71. The fourth-order valence-corrected chi connectivity index (χ4v) is 4.00. The Labute approximate surface area is 178 Å². The molecule has 134 valence electrons. The predicted molar refractivity (Wildman–Crippen MR) is 119 cm³/mol. The van der Waals surface area contributed by atoms with Crippen molar-refractivity contribution in [2.75, 3.05) is 0 Å². The second-order valence-electron chi connectivity index (χ2n) is 5.65. The Morgan fingerprint density at radius 1 is 1.11 bits per heavy atom. The fraction of sp³-hybridized carbons (Fsp3) is 0. The maximum atomic E-state index is 12.2. The highest BCUT2D eigenvalue weighted by Gasteiger charge is 2.24. The number of thioether (sulfide) groups is 1. The van der Waals surface area contributed by atoms with Gasteiger partial charge in [-0.05, 0) is 70.8 Å². The van der Waals surface area contributed by atoms with Gasteiger partial charge in [0, 0.05) is 20.2 Å². The van der Waals surface area contributed by atoms with Crippen LogP contribution in [0.4, 0.5) is 5.69 Å². The molecular weight excluding hydrogens is 495 g/mol. The first-order valence-corrected chi connectivity index (χ1v) is 10.3. The molecule has 1 fully saturated rings. The van der Waals surface area contributed by atoms with Gasteiger partial charge in [0.2, 0.25) is 0 Å². The van der Waals surface area contributed by atoms with Crippen molar-refractivity contribution in [3.8, 4) is 11.3 Å². The molecule has 1 aromatic heterocycles. The summed E-state index contributed by atoms with van der Waals surface area (Å²) < 4.78 is 6.86. The van der Waals surface area contributed by atoms with E-state index in [4.69, 9.17) is 16.0 Å². The van der Waals surface area contributed by atoms with E-state index in [0.717, 1.165) is 14.8 Å². The summed E-state index contributed by atoms with van der Waals surface area (Å²) >= 11 is 9.54. The van der Waals surface area contributed by atoms with Crippen LogP contribution in [0.2, 0.25) is 5.02 Å². The van der Waals surface area contributed by atoms with Crippen molar-refractivity contribution in [1.82, 2.24) is 5.32 Å². The Bertz CT molecular complexity index is 1090. The van der Waals surface area contributed by atoms with Crippen molar-refractivity contribution < 1.29 is 9.21 Å². The number of amides is 1. The van der Waals surface area contributed by atoms with E-state index in [1.165, 1.54) is 11.8 Å². The second kappa shape index (κ2) is 7.92. The summed E-state index contributed by atoms with van der Waals surface area (Å²) in [6.45, 7) is 0. The van der Waals surface area contributed by atoms with Crippen LogP contribution in [-0.2, 0) is 4.79 Å². The zero-order valence-electron chi connectivity index (χ0n) is 13.8. The number of rotatable bonds is 3. The highest BCUT2D eigenvalue weighted by atomic mass is 127. The van der Waals surface area contributed by atoms with E-state index in [1.54, 1.807) is 6.08 Å². The number of benzene rings is 2. The number of furan rings is 1. The first kappa shape index (κ1) is 18.3. The maximum Gasteiger partial charge on any atom is 0.264 e. The minimum absolute atomic E-state index is 0.189. The monoisotopic (exact) mass is 506 g/mol. The summed E-state index contributed by atoms with van der Waals surface area (Å²) in [6, 6.07) is 18.9. The van der Waals surface area contributed by atoms with Crippen molar-refractivity contribution in [3.63, 3.8) is 0 Å². The number of amidine groups is 1. The summed E-state index contributed by atoms with van der Waals surface area (Å²) in [6.07, 6.45) is 1.71. The first-order valence-electron chi connectivity index (χ1n) is 7.98. The molecule has 1 aliphatic rings. The standard InChI is InChI=1S/C20H12ClIN2O2S/c21-13-5-3-4-12(10-13)17-9-8-14(26-17)11-18-19(25)24-20(27-18)23-16-7-2-1-6-15(16)22/h1-11H,(H,23,24,25)/b18-11+. The lowest BCUT2D eigenvalue weighted by atomic mass is 10.2. The van der Waals surface area contributed by atoms with Crippen molar-refractivity contribution >= 4 is 68.8 Å². The molecular formula is C20H12ClIN2O2S. The van der Waals surface area contributed by atoms with Crippen LogP contribution in [0.3, 0.4) is 0 Å². The van der Waals surface area contributed by atoms with Gasteiger partial charge in [0.25, 0.3) is 5.91 Å². The molecule has 2 aromatic carbocycles. The third-order valence-corrected chi connectivity index (χ3v) is 5.79. The van der Waals surface area contributed by atoms with Gasteiger partial charge >= 0.3 is 0 Å². The highest BCUT2D eigenvalue weighted by Crippen LogP contribution is 2.31. The predicted octanol–water partition coefficient (Wildman–Crippen LogP) is 6.10. The van der Waals surface area contributed by atoms with E-state index in [9.17, 15) is 4.79 Å². The molecule has 0 radical (unpaired) electrons. The van der Waals surface area contributed by atoms with E-state index < -0.39 is 0 Å². The van der Waals surface area contributed by atoms with E-state index in [2.05, 4.69) is 32.9 Å². The van der Waals surface area contributed by atoms with Gasteiger partial charge in [-0.2, -0.15) is 0 Å². The van der Waals surface area contributed by atoms with Gasteiger partial charge in [0.05, 0.1) is 10.6 Å². The molecule has 7 heteroatoms. The van der Waals surface area contributed by atoms with E-state index in [0.29, 0.717) is 26.6 Å². The van der Waals surface area contributed by atoms with Gasteiger partial charge in [-0.1, -0.05) is 35.9 Å². The van der Waals surface area contributed by atoms with Crippen LogP contribution in [-0.4, -0.2) is 11.1 Å². The van der Waals surface area contributed by atoms with Crippen LogP contribution in [0.25, 0.3) is 17.4 Å². The third kappa shape index (κ3) is 4.28. The molecule has 27 heavy (non-hydrogen) atoms. The average molecular weight is 507 g/mol. The highest BCUT2D eigenvalue weighted by molar-refractivity contribution is 14.1. The lowest BCUT2D eigenvalue weighted by Crippen LogP contribution is -2.19. The van der Waals surface area contributed by atoms with Gasteiger partial charge in [-0.15, -0.1) is 0 Å². The molecule has 2 heterocycles. The topological polar surface area (TPSA) is 54.6 Å². The average Bonchev–Trinajstić information content (AvgIpc) is 3.24. The number of carbonyl (C=O) groups excluding carboxylic acids is 1. The van der Waals surface area contributed by atoms with Gasteiger partial charge in [-0.3, -0.25) is 4.79 Å². The summed E-state index contributed by atoms with van der Waals surface area (Å²) in [5.74, 6) is 1.10. The van der Waals surface area contributed by atoms with Crippen molar-refractivity contribution in [2.24, 2.45) is 4.99 Å². The molecule has 0 saturated carbocycles. The number of hydrogen-bond donors (Lipinski definition) is 1. The third-order valence-electron chi connectivity index (χ3n) is 3.73. The quantitative estimate of drug-likeness (QED) is 0.345. The number of para-hydroxylation sites is 1. The van der Waals surface area contributed by atoms with Gasteiger partial charge in [-0.25, -0.2) is 4.99 Å². The minimum Gasteiger partial charge on any atom is -0.457 e. The summed E-state index contributed by atoms with van der Waals surface area (Å²) in [4.78, 5) is 17.3. The van der Waals surface area contributed by atoms with Crippen molar-refractivity contribution in [3.05, 3.63) is 79.9 Å². The number of carbonyl (C=O) groups is 1. The molecule has 0 spiro atoms. The maximum absolute atomic E-state index is 12.2. The molecule has 1 saturated heterocycles.